The van der Waals surface area contributed by atoms with Gasteiger partial charge in [0.25, 0.3) is 0 Å². The quantitative estimate of drug-likeness (QED) is 0.304. The summed E-state index contributed by atoms with van der Waals surface area (Å²) in [6.45, 7) is 2.80. The molecule has 0 saturated carbocycles. The van der Waals surface area contributed by atoms with Crippen molar-refractivity contribution in [1.82, 2.24) is 5.32 Å². The summed E-state index contributed by atoms with van der Waals surface area (Å²) in [6, 6.07) is 0. The minimum atomic E-state index is -0.329. The van der Waals surface area contributed by atoms with Crippen molar-refractivity contribution in [3.8, 4) is 0 Å². The predicted octanol–water partition coefficient (Wildman–Crippen LogP) is 0.624. The molecule has 3 heteroatoms. The van der Waals surface area contributed by atoms with E-state index < -0.39 is 0 Å². The summed E-state index contributed by atoms with van der Waals surface area (Å²) < 4.78 is 0. The first kappa shape index (κ1) is 9.27. The van der Waals surface area contributed by atoms with Crippen molar-refractivity contribution in [2.24, 2.45) is 0 Å². The lowest BCUT2D eigenvalue weighted by Crippen LogP contribution is -2.28. The van der Waals surface area contributed by atoms with Crippen LogP contribution in [0.3, 0.4) is 0 Å². The molecule has 1 atom stereocenters. The minimum absolute atomic E-state index is 0.329. The third kappa shape index (κ3) is 6.15. The van der Waals surface area contributed by atoms with Crippen LogP contribution in [0.1, 0.15) is 19.8 Å². The van der Waals surface area contributed by atoms with Crippen molar-refractivity contribution in [3.63, 3.8) is 0 Å². The molecule has 0 aromatic rings. The summed E-state index contributed by atoms with van der Waals surface area (Å²) in [5, 5.41) is 11.9. The van der Waals surface area contributed by atoms with Gasteiger partial charge in [-0.15, -0.1) is 0 Å². The highest BCUT2D eigenvalue weighted by Gasteiger charge is 1.95. The summed E-state index contributed by atoms with van der Waals surface area (Å²) in [5.74, 6) is 0.878. The van der Waals surface area contributed by atoms with Crippen LogP contribution >= 0.6 is 12.6 Å². The summed E-state index contributed by atoms with van der Waals surface area (Å²) in [7, 11) is 0. The Labute approximate surface area is 62.1 Å². The van der Waals surface area contributed by atoms with E-state index in [4.69, 9.17) is 5.11 Å². The van der Waals surface area contributed by atoms with Gasteiger partial charge < -0.3 is 5.11 Å². The molecule has 2 nitrogen and oxygen atoms in total. The van der Waals surface area contributed by atoms with Gasteiger partial charge >= 0.3 is 0 Å². The van der Waals surface area contributed by atoms with Crippen molar-refractivity contribution >= 4 is 12.6 Å². The number of aliphatic hydroxyl groups is 1. The third-order valence-electron chi connectivity index (χ3n) is 1.10. The largest absolute Gasteiger partial charge is 0.379 e. The SMILES string of the molecule is CCC(O)NCCCS. The van der Waals surface area contributed by atoms with Gasteiger partial charge in [0, 0.05) is 0 Å². The van der Waals surface area contributed by atoms with Crippen molar-refractivity contribution < 1.29 is 5.11 Å². The van der Waals surface area contributed by atoms with Crippen molar-refractivity contribution in [2.45, 2.75) is 26.0 Å². The van der Waals surface area contributed by atoms with Gasteiger partial charge in [0.05, 0.1) is 0 Å². The second kappa shape index (κ2) is 6.39. The Hall–Kier alpha value is 0.270. The van der Waals surface area contributed by atoms with Gasteiger partial charge in [-0.05, 0) is 25.1 Å². The van der Waals surface area contributed by atoms with Gasteiger partial charge in [-0.3, -0.25) is 5.32 Å². The molecule has 0 aliphatic rings. The average Bonchev–Trinajstić information content (AvgIpc) is 1.89. The van der Waals surface area contributed by atoms with Crippen molar-refractivity contribution in [3.05, 3.63) is 0 Å². The first-order valence-electron chi connectivity index (χ1n) is 3.33. The topological polar surface area (TPSA) is 32.3 Å². The van der Waals surface area contributed by atoms with Crippen LogP contribution < -0.4 is 5.32 Å². The molecule has 0 aromatic heterocycles. The van der Waals surface area contributed by atoms with E-state index in [1.807, 2.05) is 6.92 Å². The fraction of sp³-hybridized carbons (Fsp3) is 1.00. The lowest BCUT2D eigenvalue weighted by Gasteiger charge is -2.08. The molecule has 0 amide bonds. The molecular weight excluding hydrogens is 134 g/mol. The zero-order chi connectivity index (χ0) is 7.11. The molecule has 0 spiro atoms. The Bertz CT molecular complexity index is 61.0. The zero-order valence-corrected chi connectivity index (χ0v) is 6.69. The Morgan fingerprint density at radius 3 is 2.78 bits per heavy atom. The smallest absolute Gasteiger partial charge is 0.104 e. The van der Waals surface area contributed by atoms with Crippen LogP contribution in [0.25, 0.3) is 0 Å². The van der Waals surface area contributed by atoms with Crippen LogP contribution in [0, 0.1) is 0 Å². The first-order chi connectivity index (χ1) is 4.31. The zero-order valence-electron chi connectivity index (χ0n) is 5.80. The maximum Gasteiger partial charge on any atom is 0.104 e. The highest BCUT2D eigenvalue weighted by molar-refractivity contribution is 7.80. The van der Waals surface area contributed by atoms with E-state index in [0.29, 0.717) is 0 Å². The summed E-state index contributed by atoms with van der Waals surface area (Å²) >= 11 is 4.03. The Morgan fingerprint density at radius 2 is 2.33 bits per heavy atom. The molecule has 0 heterocycles. The van der Waals surface area contributed by atoms with Gasteiger partial charge in [0.15, 0.2) is 0 Å². The highest BCUT2D eigenvalue weighted by Crippen LogP contribution is 1.85. The molecule has 0 radical (unpaired) electrons. The molecule has 56 valence electrons. The summed E-state index contributed by atoms with van der Waals surface area (Å²) in [6.07, 6.45) is 1.46. The normalized spacial score (nSPS) is 13.7. The molecular formula is C6H15NOS. The molecule has 9 heavy (non-hydrogen) atoms. The molecule has 0 bridgehead atoms. The van der Waals surface area contributed by atoms with E-state index in [9.17, 15) is 0 Å². The second-order valence-electron chi connectivity index (χ2n) is 1.96. The molecule has 0 fully saturated rings. The molecule has 0 aromatic carbocycles. The number of nitrogens with one attached hydrogen (secondary N) is 1. The molecule has 0 rings (SSSR count). The maximum atomic E-state index is 8.95. The lowest BCUT2D eigenvalue weighted by atomic mass is 10.4. The van der Waals surface area contributed by atoms with E-state index in [1.165, 1.54) is 0 Å². The van der Waals surface area contributed by atoms with Crippen molar-refractivity contribution in [2.75, 3.05) is 12.3 Å². The molecule has 0 aliphatic carbocycles. The number of rotatable bonds is 5. The number of hydrogen-bond donors (Lipinski definition) is 3. The van der Waals surface area contributed by atoms with Crippen LogP contribution in [-0.4, -0.2) is 23.6 Å². The van der Waals surface area contributed by atoms with Crippen LogP contribution in [0.5, 0.6) is 0 Å². The lowest BCUT2D eigenvalue weighted by molar-refractivity contribution is 0.134. The second-order valence-corrected chi connectivity index (χ2v) is 2.40. The number of hydrogen-bond acceptors (Lipinski definition) is 3. The van der Waals surface area contributed by atoms with Crippen LogP contribution in [-0.2, 0) is 0 Å². The summed E-state index contributed by atoms with van der Waals surface area (Å²) in [4.78, 5) is 0. The van der Waals surface area contributed by atoms with Gasteiger partial charge in [-0.25, -0.2) is 0 Å². The monoisotopic (exact) mass is 149 g/mol. The van der Waals surface area contributed by atoms with E-state index in [-0.39, 0.29) is 6.23 Å². The van der Waals surface area contributed by atoms with Gasteiger partial charge in [-0.2, -0.15) is 12.6 Å². The highest BCUT2D eigenvalue weighted by atomic mass is 32.1. The van der Waals surface area contributed by atoms with E-state index in [0.717, 1.165) is 25.1 Å². The predicted molar refractivity (Wildman–Crippen MR) is 42.8 cm³/mol. The Kier molecular flexibility index (Phi) is 6.58. The maximum absolute atomic E-state index is 8.95. The number of thiol groups is 1. The summed E-state index contributed by atoms with van der Waals surface area (Å²) in [5.41, 5.74) is 0. The van der Waals surface area contributed by atoms with Crippen molar-refractivity contribution in [1.29, 1.82) is 0 Å². The van der Waals surface area contributed by atoms with Crippen LogP contribution in [0.15, 0.2) is 0 Å². The molecule has 1 unspecified atom stereocenters. The van der Waals surface area contributed by atoms with Crippen LogP contribution in [0.2, 0.25) is 0 Å². The molecule has 0 saturated heterocycles. The fourth-order valence-corrected chi connectivity index (χ4v) is 0.650. The third-order valence-corrected chi connectivity index (χ3v) is 1.42. The molecule has 0 aliphatic heterocycles. The van der Waals surface area contributed by atoms with E-state index >= 15 is 0 Å². The van der Waals surface area contributed by atoms with Gasteiger partial charge in [0.2, 0.25) is 0 Å². The Morgan fingerprint density at radius 1 is 1.67 bits per heavy atom. The minimum Gasteiger partial charge on any atom is -0.379 e. The van der Waals surface area contributed by atoms with E-state index in [2.05, 4.69) is 17.9 Å². The first-order valence-corrected chi connectivity index (χ1v) is 3.96. The van der Waals surface area contributed by atoms with E-state index in [1.54, 1.807) is 0 Å². The number of aliphatic hydroxyl groups excluding tert-OH is 1. The van der Waals surface area contributed by atoms with Gasteiger partial charge in [-0.1, -0.05) is 6.92 Å². The van der Waals surface area contributed by atoms with Gasteiger partial charge in [0.1, 0.15) is 6.23 Å². The fourth-order valence-electron chi connectivity index (χ4n) is 0.492. The standard InChI is InChI=1S/C6H15NOS/c1-2-6(8)7-4-3-5-9/h6-9H,2-5H2,1H3. The van der Waals surface area contributed by atoms with Crippen LogP contribution in [0.4, 0.5) is 0 Å². The molecule has 2 N–H and O–H groups in total. The average molecular weight is 149 g/mol. The Balaban J connectivity index is 2.88.